The van der Waals surface area contributed by atoms with E-state index in [1.807, 2.05) is 18.2 Å². The SMILES string of the molecule is c1ccc(-c2nc3ccc4ccc5cc(-c6cc(N(c7ccccc7)c7ccc8ccccc8c7)cc7oc8ccccc8c67)ccc5c4c3nc2-c2ccccc2)cc1. The van der Waals surface area contributed by atoms with Crippen LogP contribution in [-0.4, -0.2) is 9.97 Å². The highest BCUT2D eigenvalue weighted by molar-refractivity contribution is 6.20. The average molecular weight is 766 g/mol. The lowest BCUT2D eigenvalue weighted by molar-refractivity contribution is 0.669. The molecule has 10 aromatic carbocycles. The molecule has 0 unspecified atom stereocenters. The number of anilines is 3. The molecule has 0 N–H and O–H groups in total. The molecule has 0 atom stereocenters. The highest BCUT2D eigenvalue weighted by atomic mass is 16.3. The Morgan fingerprint density at radius 2 is 1.00 bits per heavy atom. The van der Waals surface area contributed by atoms with Gasteiger partial charge >= 0.3 is 0 Å². The molecule has 280 valence electrons. The van der Waals surface area contributed by atoms with Crippen molar-refractivity contribution in [2.24, 2.45) is 0 Å². The van der Waals surface area contributed by atoms with E-state index < -0.39 is 0 Å². The van der Waals surface area contributed by atoms with Gasteiger partial charge < -0.3 is 9.32 Å². The molecule has 0 fully saturated rings. The van der Waals surface area contributed by atoms with Crippen molar-refractivity contribution in [1.29, 1.82) is 0 Å². The van der Waals surface area contributed by atoms with Crippen LogP contribution in [0.2, 0.25) is 0 Å². The fourth-order valence-corrected chi connectivity index (χ4v) is 8.97. The predicted octanol–water partition coefficient (Wildman–Crippen LogP) is 15.5. The van der Waals surface area contributed by atoms with E-state index >= 15 is 0 Å². The molecule has 12 aromatic rings. The quantitative estimate of drug-likeness (QED) is 0.158. The second-order valence-electron chi connectivity index (χ2n) is 15.4. The Hall–Kier alpha value is -8.08. The summed E-state index contributed by atoms with van der Waals surface area (Å²) in [7, 11) is 0. The largest absolute Gasteiger partial charge is 0.456 e. The summed E-state index contributed by atoms with van der Waals surface area (Å²) in [4.78, 5) is 13.1. The van der Waals surface area contributed by atoms with E-state index in [1.54, 1.807) is 0 Å². The predicted molar refractivity (Wildman–Crippen MR) is 250 cm³/mol. The molecule has 0 aliphatic rings. The number of rotatable bonds is 6. The lowest BCUT2D eigenvalue weighted by Gasteiger charge is -2.26. The number of fused-ring (bicyclic) bond motifs is 9. The fraction of sp³-hybridized carbons (Fsp3) is 0. The van der Waals surface area contributed by atoms with Gasteiger partial charge in [-0.2, -0.15) is 0 Å². The molecule has 60 heavy (non-hydrogen) atoms. The van der Waals surface area contributed by atoms with Gasteiger partial charge in [0.1, 0.15) is 11.2 Å². The minimum Gasteiger partial charge on any atom is -0.456 e. The molecule has 0 aliphatic carbocycles. The number of nitrogens with zero attached hydrogens (tertiary/aromatic N) is 3. The maximum absolute atomic E-state index is 6.69. The summed E-state index contributed by atoms with van der Waals surface area (Å²) in [5, 5.41) is 9.07. The second kappa shape index (κ2) is 13.8. The maximum Gasteiger partial charge on any atom is 0.138 e. The van der Waals surface area contributed by atoms with E-state index in [0.29, 0.717) is 0 Å². The molecule has 0 spiro atoms. The summed E-state index contributed by atoms with van der Waals surface area (Å²) < 4.78 is 6.69. The summed E-state index contributed by atoms with van der Waals surface area (Å²) in [6, 6.07) is 75.0. The zero-order chi connectivity index (χ0) is 39.6. The lowest BCUT2D eigenvalue weighted by atomic mass is 9.93. The van der Waals surface area contributed by atoms with Crippen LogP contribution in [0.25, 0.3) is 98.9 Å². The standard InChI is InChI=1S/C56H35N3O/c1-4-15-38(16-5-1)54-55(39-17-6-2-7-18-39)58-56-49(57-54)31-28-37-24-25-41-32-42(27-30-46(41)52(37)56)48-34-45(35-51-53(48)47-22-12-13-23-50(47)60-51)59(43-20-8-3-9-21-43)44-29-26-36-14-10-11-19-40(36)33-44/h1-35H. The Morgan fingerprint density at radius 3 is 1.80 bits per heavy atom. The van der Waals surface area contributed by atoms with Gasteiger partial charge in [0.2, 0.25) is 0 Å². The Bertz CT molecular complexity index is 3600. The van der Waals surface area contributed by atoms with E-state index in [2.05, 4.69) is 199 Å². The number of hydrogen-bond acceptors (Lipinski definition) is 4. The molecular weight excluding hydrogens is 731 g/mol. The molecule has 4 heteroatoms. The summed E-state index contributed by atoms with van der Waals surface area (Å²) in [6.07, 6.45) is 0. The van der Waals surface area contributed by atoms with Crippen LogP contribution in [0.15, 0.2) is 217 Å². The Balaban J connectivity index is 1.09. The molecule has 0 radical (unpaired) electrons. The van der Waals surface area contributed by atoms with Crippen LogP contribution in [0, 0.1) is 0 Å². The molecular formula is C56H35N3O. The Morgan fingerprint density at radius 1 is 0.350 bits per heavy atom. The van der Waals surface area contributed by atoms with Crippen molar-refractivity contribution in [2.45, 2.75) is 0 Å². The van der Waals surface area contributed by atoms with Gasteiger partial charge in [-0.05, 0) is 86.6 Å². The highest BCUT2D eigenvalue weighted by Crippen LogP contribution is 2.45. The number of para-hydroxylation sites is 2. The van der Waals surface area contributed by atoms with Crippen molar-refractivity contribution >= 4 is 82.4 Å². The normalized spacial score (nSPS) is 11.7. The van der Waals surface area contributed by atoms with E-state index in [9.17, 15) is 0 Å². The van der Waals surface area contributed by atoms with Crippen molar-refractivity contribution < 1.29 is 4.42 Å². The van der Waals surface area contributed by atoms with Gasteiger partial charge in [-0.3, -0.25) is 0 Å². The van der Waals surface area contributed by atoms with Gasteiger partial charge in [-0.15, -0.1) is 0 Å². The van der Waals surface area contributed by atoms with Crippen molar-refractivity contribution in [1.82, 2.24) is 9.97 Å². The third-order valence-corrected chi connectivity index (χ3v) is 11.8. The Labute approximate surface area is 346 Å². The fourth-order valence-electron chi connectivity index (χ4n) is 8.97. The number of benzene rings is 10. The molecule has 4 nitrogen and oxygen atoms in total. The van der Waals surface area contributed by atoms with Crippen LogP contribution >= 0.6 is 0 Å². The summed E-state index contributed by atoms with van der Waals surface area (Å²) >= 11 is 0. The van der Waals surface area contributed by atoms with E-state index in [0.717, 1.165) is 105 Å². The maximum atomic E-state index is 6.69. The molecule has 0 bridgehead atoms. The topological polar surface area (TPSA) is 42.2 Å². The smallest absolute Gasteiger partial charge is 0.138 e. The van der Waals surface area contributed by atoms with E-state index in [-0.39, 0.29) is 0 Å². The lowest BCUT2D eigenvalue weighted by Crippen LogP contribution is -2.10. The van der Waals surface area contributed by atoms with Crippen LogP contribution in [0.4, 0.5) is 17.1 Å². The van der Waals surface area contributed by atoms with Crippen LogP contribution in [0.5, 0.6) is 0 Å². The number of hydrogen-bond donors (Lipinski definition) is 0. The minimum absolute atomic E-state index is 0.841. The van der Waals surface area contributed by atoms with Crippen molar-refractivity contribution in [3.8, 4) is 33.6 Å². The number of aromatic nitrogens is 2. The first kappa shape index (κ1) is 34.0. The van der Waals surface area contributed by atoms with E-state index in [1.165, 1.54) is 10.8 Å². The zero-order valence-electron chi connectivity index (χ0n) is 32.5. The summed E-state index contributed by atoms with van der Waals surface area (Å²) in [6.45, 7) is 0. The van der Waals surface area contributed by atoms with Gasteiger partial charge in [-0.1, -0.05) is 158 Å². The molecule has 0 saturated carbocycles. The highest BCUT2D eigenvalue weighted by Gasteiger charge is 2.21. The average Bonchev–Trinajstić information content (AvgIpc) is 3.70. The minimum atomic E-state index is 0.841. The molecule has 2 aromatic heterocycles. The van der Waals surface area contributed by atoms with Crippen molar-refractivity contribution in [2.75, 3.05) is 4.90 Å². The second-order valence-corrected chi connectivity index (χ2v) is 15.4. The van der Waals surface area contributed by atoms with Gasteiger partial charge in [0.25, 0.3) is 0 Å². The van der Waals surface area contributed by atoms with Gasteiger partial charge in [0.15, 0.2) is 0 Å². The van der Waals surface area contributed by atoms with Crippen molar-refractivity contribution in [3.05, 3.63) is 212 Å². The van der Waals surface area contributed by atoms with Crippen LogP contribution in [-0.2, 0) is 0 Å². The molecule has 12 rings (SSSR count). The summed E-state index contributed by atoms with van der Waals surface area (Å²) in [5.41, 5.74) is 12.7. The van der Waals surface area contributed by atoms with Gasteiger partial charge in [0.05, 0.1) is 28.1 Å². The van der Waals surface area contributed by atoms with Crippen LogP contribution < -0.4 is 4.90 Å². The first-order valence-corrected chi connectivity index (χ1v) is 20.3. The van der Waals surface area contributed by atoms with Crippen molar-refractivity contribution in [3.63, 3.8) is 0 Å². The monoisotopic (exact) mass is 765 g/mol. The van der Waals surface area contributed by atoms with Gasteiger partial charge in [-0.25, -0.2) is 9.97 Å². The molecule has 0 amide bonds. The number of furan rings is 1. The first-order chi connectivity index (χ1) is 29.7. The Kier molecular flexibility index (Phi) is 7.82. The van der Waals surface area contributed by atoms with Gasteiger partial charge in [0, 0.05) is 44.7 Å². The molecule has 0 saturated heterocycles. The zero-order valence-corrected chi connectivity index (χ0v) is 32.5. The molecule has 2 heterocycles. The third kappa shape index (κ3) is 5.61. The van der Waals surface area contributed by atoms with Crippen LogP contribution in [0.1, 0.15) is 0 Å². The third-order valence-electron chi connectivity index (χ3n) is 11.8. The summed E-state index contributed by atoms with van der Waals surface area (Å²) in [5.74, 6) is 0. The van der Waals surface area contributed by atoms with Crippen LogP contribution in [0.3, 0.4) is 0 Å². The first-order valence-electron chi connectivity index (χ1n) is 20.3. The molecule has 0 aliphatic heterocycles. The van der Waals surface area contributed by atoms with E-state index in [4.69, 9.17) is 14.4 Å².